The highest BCUT2D eigenvalue weighted by atomic mass is 19.1. The van der Waals surface area contributed by atoms with Gasteiger partial charge in [-0.25, -0.2) is 27.5 Å². The number of nitrogens with zero attached hydrogens (tertiary/aromatic N) is 9. The molecule has 2 aromatic heterocycles. The van der Waals surface area contributed by atoms with Gasteiger partial charge in [-0.1, -0.05) is 6.92 Å². The molecule has 0 bridgehead atoms. The van der Waals surface area contributed by atoms with Gasteiger partial charge in [0, 0.05) is 107 Å². The predicted molar refractivity (Wildman–Crippen MR) is 279 cm³/mol. The molecule has 2 fully saturated rings. The summed E-state index contributed by atoms with van der Waals surface area (Å²) < 4.78 is 59.0. The molecule has 0 atom stereocenters. The Morgan fingerprint density at radius 2 is 0.944 bits per heavy atom. The monoisotopic (exact) mass is 957 g/mol. The molecule has 4 aliphatic heterocycles. The summed E-state index contributed by atoms with van der Waals surface area (Å²) in [6.07, 6.45) is 1.33. The Labute approximate surface area is 410 Å². The summed E-state index contributed by atoms with van der Waals surface area (Å²) in [6.45, 7) is 10.1. The minimum atomic E-state index is -0.598. The number of rotatable bonds is 8. The number of H-pyrrole nitrogens is 2. The van der Waals surface area contributed by atoms with E-state index in [0.717, 1.165) is 120 Å². The molecule has 362 valence electrons. The lowest BCUT2D eigenvalue weighted by molar-refractivity contribution is 0.313. The second-order valence-electron chi connectivity index (χ2n) is 19.3. The van der Waals surface area contributed by atoms with Crippen molar-refractivity contribution in [3.63, 3.8) is 0 Å². The molecule has 0 unspecified atom stereocenters. The van der Waals surface area contributed by atoms with Crippen molar-refractivity contribution in [2.45, 2.75) is 26.2 Å². The van der Waals surface area contributed by atoms with E-state index in [4.69, 9.17) is 9.97 Å². The fourth-order valence-electron chi connectivity index (χ4n) is 9.98. The Bertz CT molecular complexity index is 3370. The Morgan fingerprint density at radius 1 is 0.521 bits per heavy atom. The summed E-state index contributed by atoms with van der Waals surface area (Å²) >= 11 is 0. The number of benzene rings is 6. The van der Waals surface area contributed by atoms with Gasteiger partial charge in [-0.05, 0) is 134 Å². The number of imidazole rings is 2. The molecule has 2 saturated heterocycles. The first kappa shape index (κ1) is 46.0. The summed E-state index contributed by atoms with van der Waals surface area (Å²) in [5, 5.41) is 0. The number of piperazine rings is 2. The number of aliphatic imine (C=N–C) groups is 2. The van der Waals surface area contributed by atoms with Crippen LogP contribution in [0.2, 0.25) is 0 Å². The largest absolute Gasteiger partial charge is 0.377 e. The van der Waals surface area contributed by atoms with Crippen molar-refractivity contribution in [1.82, 2.24) is 29.7 Å². The molecule has 2 N–H and O–H groups in total. The molecular weight excluding hydrogens is 903 g/mol. The molecule has 0 aliphatic carbocycles. The summed E-state index contributed by atoms with van der Waals surface area (Å²) in [6, 6.07) is 29.9. The van der Waals surface area contributed by atoms with Crippen molar-refractivity contribution in [1.29, 1.82) is 0 Å². The minimum absolute atomic E-state index is 0.0277. The lowest BCUT2D eigenvalue weighted by atomic mass is 10.00. The first-order valence-corrected chi connectivity index (χ1v) is 24.3. The number of fused-ring (bicyclic) bond motifs is 4. The van der Waals surface area contributed by atoms with Crippen molar-refractivity contribution in [2.24, 2.45) is 9.98 Å². The second kappa shape index (κ2) is 18.8. The third kappa shape index (κ3) is 9.15. The normalized spacial score (nSPS) is 16.0. The zero-order chi connectivity index (χ0) is 49.1. The van der Waals surface area contributed by atoms with Gasteiger partial charge in [-0.15, -0.1) is 0 Å². The van der Waals surface area contributed by atoms with Gasteiger partial charge in [0.2, 0.25) is 0 Å². The van der Waals surface area contributed by atoms with Gasteiger partial charge in [-0.3, -0.25) is 9.98 Å². The van der Waals surface area contributed by atoms with Crippen LogP contribution in [0.25, 0.3) is 44.8 Å². The third-order valence-corrected chi connectivity index (χ3v) is 14.2. The summed E-state index contributed by atoms with van der Waals surface area (Å²) in [4.78, 5) is 36.8. The van der Waals surface area contributed by atoms with Gasteiger partial charge >= 0.3 is 0 Å². The fourth-order valence-corrected chi connectivity index (χ4v) is 9.98. The van der Waals surface area contributed by atoms with Crippen molar-refractivity contribution in [3.8, 4) is 22.8 Å². The van der Waals surface area contributed by atoms with E-state index in [9.17, 15) is 17.6 Å². The van der Waals surface area contributed by atoms with Crippen LogP contribution in [0.3, 0.4) is 0 Å². The van der Waals surface area contributed by atoms with E-state index in [2.05, 4.69) is 90.0 Å². The highest BCUT2D eigenvalue weighted by molar-refractivity contribution is 6.08. The van der Waals surface area contributed by atoms with Crippen LogP contribution < -0.4 is 14.7 Å². The summed E-state index contributed by atoms with van der Waals surface area (Å²) in [7, 11) is 7.81. The molecule has 11 nitrogen and oxygen atoms in total. The Hall–Kier alpha value is -7.36. The van der Waals surface area contributed by atoms with Crippen molar-refractivity contribution < 1.29 is 17.6 Å². The molecule has 8 aromatic rings. The highest BCUT2D eigenvalue weighted by Gasteiger charge is 2.26. The van der Waals surface area contributed by atoms with Crippen LogP contribution >= 0.6 is 0 Å². The van der Waals surface area contributed by atoms with E-state index in [-0.39, 0.29) is 11.1 Å². The van der Waals surface area contributed by atoms with Crippen molar-refractivity contribution in [3.05, 3.63) is 148 Å². The van der Waals surface area contributed by atoms with E-state index >= 15 is 0 Å². The Kier molecular flexibility index (Phi) is 12.2. The van der Waals surface area contributed by atoms with Gasteiger partial charge < -0.3 is 34.5 Å². The van der Waals surface area contributed by atoms with Gasteiger partial charge in [-0.2, -0.15) is 0 Å². The molecule has 4 aliphatic rings. The highest BCUT2D eigenvalue weighted by Crippen LogP contribution is 2.37. The van der Waals surface area contributed by atoms with Crippen molar-refractivity contribution in [2.75, 3.05) is 95.2 Å². The zero-order valence-corrected chi connectivity index (χ0v) is 40.6. The van der Waals surface area contributed by atoms with E-state index in [1.807, 2.05) is 43.3 Å². The SMILES string of the molecule is CCc1cc(F)c(C2=Nc3ccc(-c4nc5ccc(N6CCN(C)CC6)cc5[nH]4)cc3C2)c(F)c1.CN1CCN(c2ccc3nc(-c4ccc5c(c4)CC(c4c(F)cc(N(C)C)cc4F)=N5)[nH]c3c2)CC1. The average Bonchev–Trinajstić information content (AvgIpc) is 4.18. The molecule has 12 rings (SSSR count). The second-order valence-corrected chi connectivity index (χ2v) is 19.3. The smallest absolute Gasteiger partial charge is 0.138 e. The molecule has 6 aromatic carbocycles. The number of hydrogen-bond acceptors (Lipinski definition) is 9. The molecule has 0 saturated carbocycles. The standard InChI is InChI=1S/C28H28F2N6.C28H27F2N5/c1-34(2)20-14-21(29)27(22(30)15-20)26-13-18-12-17(4-6-23(18)31-26)28-32-24-7-5-19(16-25(24)33-28)36-10-8-35(3)9-11-36;1-3-17-12-21(29)27(22(30)13-17)26-15-19-14-18(4-6-23(19)31-26)28-32-24-7-5-20(16-25(24)33-28)35-10-8-34(2)9-11-35/h4-7,12,14-16H,8-11,13H2,1-3H3,(H,32,33);4-7,12-14,16H,3,8-11,15H2,1-2H3,(H,32,33). The van der Waals surface area contributed by atoms with Crippen LogP contribution in [0.5, 0.6) is 0 Å². The van der Waals surface area contributed by atoms with Crippen LogP contribution in [0.1, 0.15) is 34.7 Å². The molecular formula is C56H55F4N11. The summed E-state index contributed by atoms with van der Waals surface area (Å²) in [5.74, 6) is -0.761. The van der Waals surface area contributed by atoms with E-state index in [1.54, 1.807) is 19.0 Å². The summed E-state index contributed by atoms with van der Waals surface area (Å²) in [5.41, 5.74) is 13.3. The van der Waals surface area contributed by atoms with Gasteiger partial charge in [0.05, 0.1) is 56.0 Å². The average molecular weight is 958 g/mol. The molecule has 0 radical (unpaired) electrons. The number of aromatic nitrogens is 4. The van der Waals surface area contributed by atoms with Gasteiger partial charge in [0.15, 0.2) is 0 Å². The first-order valence-electron chi connectivity index (χ1n) is 24.3. The Balaban J connectivity index is 0.000000154. The van der Waals surface area contributed by atoms with Crippen LogP contribution in [0, 0.1) is 23.3 Å². The quantitative estimate of drug-likeness (QED) is 0.146. The van der Waals surface area contributed by atoms with Crippen LogP contribution in [0.4, 0.5) is 46.0 Å². The number of hydrogen-bond donors (Lipinski definition) is 2. The molecule has 0 spiro atoms. The molecule has 71 heavy (non-hydrogen) atoms. The molecule has 6 heterocycles. The Morgan fingerprint density at radius 3 is 1.35 bits per heavy atom. The lowest BCUT2D eigenvalue weighted by Crippen LogP contribution is -2.44. The van der Waals surface area contributed by atoms with Gasteiger partial charge in [0.25, 0.3) is 0 Å². The van der Waals surface area contributed by atoms with E-state index < -0.39 is 23.3 Å². The zero-order valence-electron chi connectivity index (χ0n) is 40.6. The minimum Gasteiger partial charge on any atom is -0.377 e. The number of nitrogens with one attached hydrogen (secondary N) is 2. The maximum absolute atomic E-state index is 14.8. The van der Waals surface area contributed by atoms with Crippen LogP contribution in [-0.4, -0.2) is 122 Å². The third-order valence-electron chi connectivity index (χ3n) is 14.2. The van der Waals surface area contributed by atoms with Crippen LogP contribution in [0.15, 0.2) is 107 Å². The van der Waals surface area contributed by atoms with E-state index in [0.29, 0.717) is 41.9 Å². The van der Waals surface area contributed by atoms with E-state index in [1.165, 1.54) is 35.6 Å². The lowest BCUT2D eigenvalue weighted by Gasteiger charge is -2.34. The number of halogens is 4. The number of aromatic amines is 2. The maximum atomic E-state index is 14.8. The topological polar surface area (TPSA) is 98.3 Å². The fraction of sp³-hybridized carbons (Fsp3) is 0.286. The maximum Gasteiger partial charge on any atom is 0.138 e. The number of aryl methyl sites for hydroxylation is 1. The first-order chi connectivity index (χ1) is 34.3. The predicted octanol–water partition coefficient (Wildman–Crippen LogP) is 10.5. The number of likely N-dealkylation sites (N-methyl/N-ethyl adjacent to an activating group) is 2. The van der Waals surface area contributed by atoms with Crippen LogP contribution in [-0.2, 0) is 19.3 Å². The molecule has 0 amide bonds. The number of anilines is 3. The van der Waals surface area contributed by atoms with Crippen molar-refractivity contribution >= 4 is 61.9 Å². The van der Waals surface area contributed by atoms with Gasteiger partial charge in [0.1, 0.15) is 34.9 Å². The molecule has 15 heteroatoms.